The predicted octanol–water partition coefficient (Wildman–Crippen LogP) is 4.19. The minimum atomic E-state index is -4.49. The first-order chi connectivity index (χ1) is 9.91. The molecule has 2 rings (SSSR count). The molecule has 1 N–H and O–H groups in total. The fourth-order valence-corrected chi connectivity index (χ4v) is 2.72. The van der Waals surface area contributed by atoms with Crippen LogP contribution in [0.15, 0.2) is 29.8 Å². The number of hydrogen-bond acceptors (Lipinski definition) is 3. The van der Waals surface area contributed by atoms with Gasteiger partial charge >= 0.3 is 6.18 Å². The van der Waals surface area contributed by atoms with Crippen LogP contribution in [-0.4, -0.2) is 11.5 Å². The number of rotatable bonds is 5. The van der Waals surface area contributed by atoms with Crippen LogP contribution in [0.1, 0.15) is 29.1 Å². The van der Waals surface area contributed by atoms with E-state index in [1.807, 2.05) is 6.92 Å². The monoisotopic (exact) mass is 318 g/mol. The highest BCUT2D eigenvalue weighted by Gasteiger charge is 2.32. The van der Waals surface area contributed by atoms with Crippen LogP contribution >= 0.6 is 11.3 Å². The molecule has 0 amide bonds. The van der Waals surface area contributed by atoms with Crippen molar-refractivity contribution in [2.45, 2.75) is 25.6 Å². The molecule has 0 bridgehead atoms. The number of alkyl halides is 3. The third-order valence-corrected chi connectivity index (χ3v) is 3.81. The molecule has 0 radical (unpaired) electrons. The number of halogens is 4. The molecule has 0 saturated carbocycles. The molecule has 114 valence electrons. The van der Waals surface area contributed by atoms with Gasteiger partial charge in [0.05, 0.1) is 10.6 Å². The fraction of sp³-hybridized carbons (Fsp3) is 0.357. The van der Waals surface area contributed by atoms with Crippen molar-refractivity contribution in [2.75, 3.05) is 6.54 Å². The zero-order valence-electron chi connectivity index (χ0n) is 11.2. The number of benzene rings is 1. The van der Waals surface area contributed by atoms with Crippen molar-refractivity contribution in [3.63, 3.8) is 0 Å². The van der Waals surface area contributed by atoms with Crippen LogP contribution in [0.5, 0.6) is 0 Å². The molecule has 7 heteroatoms. The highest BCUT2D eigenvalue weighted by molar-refractivity contribution is 7.09. The first-order valence-corrected chi connectivity index (χ1v) is 7.28. The second kappa shape index (κ2) is 6.53. The van der Waals surface area contributed by atoms with Gasteiger partial charge in [-0.05, 0) is 24.7 Å². The number of nitrogens with zero attached hydrogens (tertiary/aromatic N) is 1. The molecule has 2 aromatic rings. The van der Waals surface area contributed by atoms with Gasteiger partial charge in [0, 0.05) is 29.6 Å². The van der Waals surface area contributed by atoms with Crippen LogP contribution in [-0.2, 0) is 12.6 Å². The lowest BCUT2D eigenvalue weighted by Gasteiger charge is -2.19. The van der Waals surface area contributed by atoms with Crippen LogP contribution in [0.4, 0.5) is 17.6 Å². The van der Waals surface area contributed by atoms with Gasteiger partial charge in [0.25, 0.3) is 0 Å². The largest absolute Gasteiger partial charge is 0.416 e. The summed E-state index contributed by atoms with van der Waals surface area (Å²) in [5.74, 6) is -0.648. The van der Waals surface area contributed by atoms with E-state index in [2.05, 4.69) is 10.3 Å². The molecule has 1 aromatic carbocycles. The van der Waals surface area contributed by atoms with E-state index in [1.54, 1.807) is 11.6 Å². The minimum Gasteiger partial charge on any atom is -0.310 e. The van der Waals surface area contributed by atoms with Gasteiger partial charge in [-0.2, -0.15) is 13.2 Å². The van der Waals surface area contributed by atoms with Crippen molar-refractivity contribution in [1.82, 2.24) is 10.3 Å². The van der Waals surface area contributed by atoms with Crippen molar-refractivity contribution in [2.24, 2.45) is 0 Å². The topological polar surface area (TPSA) is 24.9 Å². The third kappa shape index (κ3) is 4.01. The Labute approximate surface area is 123 Å². The predicted molar refractivity (Wildman–Crippen MR) is 73.6 cm³/mol. The number of likely N-dealkylation sites (N-methyl/N-ethyl adjacent to an activating group) is 1. The van der Waals surface area contributed by atoms with E-state index in [0.29, 0.717) is 13.0 Å². The Kier molecular flexibility index (Phi) is 4.95. The van der Waals surface area contributed by atoms with Gasteiger partial charge in [-0.15, -0.1) is 11.3 Å². The lowest BCUT2D eigenvalue weighted by Crippen LogP contribution is -2.24. The number of nitrogens with one attached hydrogen (secondary N) is 1. The summed E-state index contributed by atoms with van der Waals surface area (Å²) in [7, 11) is 0. The van der Waals surface area contributed by atoms with Gasteiger partial charge in [0.2, 0.25) is 0 Å². The zero-order valence-corrected chi connectivity index (χ0v) is 12.1. The SMILES string of the molecule is CCNC(Cc1nccs1)c1cc(C(F)(F)F)ccc1F. The van der Waals surface area contributed by atoms with Crippen molar-refractivity contribution < 1.29 is 17.6 Å². The van der Waals surface area contributed by atoms with Crippen LogP contribution < -0.4 is 5.32 Å². The average molecular weight is 318 g/mol. The van der Waals surface area contributed by atoms with Gasteiger partial charge in [-0.1, -0.05) is 6.92 Å². The van der Waals surface area contributed by atoms with E-state index >= 15 is 0 Å². The van der Waals surface area contributed by atoms with E-state index in [-0.39, 0.29) is 5.56 Å². The molecule has 0 spiro atoms. The van der Waals surface area contributed by atoms with E-state index in [9.17, 15) is 17.6 Å². The second-order valence-corrected chi connectivity index (χ2v) is 5.45. The molecule has 0 aliphatic carbocycles. The molecule has 1 heterocycles. The van der Waals surface area contributed by atoms with Crippen molar-refractivity contribution in [3.8, 4) is 0 Å². The molecule has 1 atom stereocenters. The fourth-order valence-electron chi connectivity index (χ4n) is 2.05. The average Bonchev–Trinajstić information content (AvgIpc) is 2.90. The first-order valence-electron chi connectivity index (χ1n) is 6.40. The highest BCUT2D eigenvalue weighted by atomic mass is 32.1. The summed E-state index contributed by atoms with van der Waals surface area (Å²) in [5, 5.41) is 5.54. The molecule has 0 aliphatic heterocycles. The third-order valence-electron chi connectivity index (χ3n) is 3.01. The maximum absolute atomic E-state index is 13.9. The summed E-state index contributed by atoms with van der Waals surface area (Å²) in [6, 6.07) is 1.95. The zero-order chi connectivity index (χ0) is 15.5. The molecule has 0 fully saturated rings. The molecule has 0 saturated heterocycles. The Morgan fingerprint density at radius 2 is 2.10 bits per heavy atom. The van der Waals surface area contributed by atoms with E-state index in [4.69, 9.17) is 0 Å². The maximum Gasteiger partial charge on any atom is 0.416 e. The summed E-state index contributed by atoms with van der Waals surface area (Å²) < 4.78 is 52.3. The molecular formula is C14H14F4N2S. The van der Waals surface area contributed by atoms with Gasteiger partial charge in [-0.3, -0.25) is 0 Å². The van der Waals surface area contributed by atoms with Crippen molar-refractivity contribution >= 4 is 11.3 Å². The molecule has 2 nitrogen and oxygen atoms in total. The second-order valence-electron chi connectivity index (χ2n) is 4.47. The van der Waals surface area contributed by atoms with Crippen LogP contribution in [0.3, 0.4) is 0 Å². The van der Waals surface area contributed by atoms with Gasteiger partial charge in [0.1, 0.15) is 5.82 Å². The van der Waals surface area contributed by atoms with E-state index in [0.717, 1.165) is 23.2 Å². The summed E-state index contributed by atoms with van der Waals surface area (Å²) in [6.45, 7) is 2.34. The number of thiazole rings is 1. The Morgan fingerprint density at radius 3 is 2.67 bits per heavy atom. The Balaban J connectivity index is 2.34. The Bertz CT molecular complexity index is 581. The lowest BCUT2D eigenvalue weighted by molar-refractivity contribution is -0.137. The van der Waals surface area contributed by atoms with Gasteiger partial charge in [0.15, 0.2) is 0 Å². The van der Waals surface area contributed by atoms with Gasteiger partial charge < -0.3 is 5.32 Å². The first kappa shape index (κ1) is 15.9. The molecule has 21 heavy (non-hydrogen) atoms. The van der Waals surface area contributed by atoms with Crippen molar-refractivity contribution in [3.05, 3.63) is 51.7 Å². The normalized spacial score (nSPS) is 13.4. The molecule has 1 unspecified atom stereocenters. The molecular weight excluding hydrogens is 304 g/mol. The summed E-state index contributed by atoms with van der Waals surface area (Å²) in [5.41, 5.74) is -0.831. The standard InChI is InChI=1S/C14H14F4N2S/c1-2-19-12(8-13-20-5-6-21-13)10-7-9(14(16,17)18)3-4-11(10)15/h3-7,12,19H,2,8H2,1H3. The summed E-state index contributed by atoms with van der Waals surface area (Å²) >= 11 is 1.39. The lowest BCUT2D eigenvalue weighted by atomic mass is 10.0. The van der Waals surface area contributed by atoms with E-state index < -0.39 is 23.6 Å². The highest BCUT2D eigenvalue weighted by Crippen LogP contribution is 2.32. The quantitative estimate of drug-likeness (QED) is 0.836. The molecule has 0 aliphatic rings. The maximum atomic E-state index is 13.9. The van der Waals surface area contributed by atoms with Crippen LogP contribution in [0.25, 0.3) is 0 Å². The van der Waals surface area contributed by atoms with Gasteiger partial charge in [-0.25, -0.2) is 9.37 Å². The summed E-state index contributed by atoms with van der Waals surface area (Å²) in [4.78, 5) is 4.10. The Morgan fingerprint density at radius 1 is 1.33 bits per heavy atom. The van der Waals surface area contributed by atoms with Crippen molar-refractivity contribution in [1.29, 1.82) is 0 Å². The number of aromatic nitrogens is 1. The smallest absolute Gasteiger partial charge is 0.310 e. The van der Waals surface area contributed by atoms with E-state index in [1.165, 1.54) is 11.3 Å². The summed E-state index contributed by atoms with van der Waals surface area (Å²) in [6.07, 6.45) is -2.52. The minimum absolute atomic E-state index is 0.0156. The molecule has 1 aromatic heterocycles. The van der Waals surface area contributed by atoms with Crippen LogP contribution in [0.2, 0.25) is 0 Å². The Hall–Kier alpha value is -1.47. The van der Waals surface area contributed by atoms with Crippen LogP contribution in [0, 0.1) is 5.82 Å². The number of hydrogen-bond donors (Lipinski definition) is 1.